The number of H-pyrrole nitrogens is 1. The van der Waals surface area contributed by atoms with Crippen molar-refractivity contribution < 1.29 is 13.6 Å². The quantitative estimate of drug-likeness (QED) is 0.502. The number of aromatic amines is 1. The summed E-state index contributed by atoms with van der Waals surface area (Å²) in [6.07, 6.45) is -0.773. The third-order valence-electron chi connectivity index (χ3n) is 5.09. The van der Waals surface area contributed by atoms with Crippen molar-refractivity contribution in [3.8, 4) is 0 Å². The summed E-state index contributed by atoms with van der Waals surface area (Å²) in [5.41, 5.74) is 2.84. The number of pyridine rings is 1. The SMILES string of the molecule is Cn1nc(C(F)F)nc1C(=O)N1CCc2[nH]cnc2C1c1cc2cccc(Cl)n2n1. The predicted octanol–water partition coefficient (Wildman–Crippen LogP) is 2.56. The van der Waals surface area contributed by atoms with Crippen LogP contribution in [-0.2, 0) is 13.5 Å². The van der Waals surface area contributed by atoms with Gasteiger partial charge in [0.2, 0.25) is 11.6 Å². The van der Waals surface area contributed by atoms with Gasteiger partial charge in [0.25, 0.3) is 12.3 Å². The summed E-state index contributed by atoms with van der Waals surface area (Å²) in [5.74, 6) is -1.39. The van der Waals surface area contributed by atoms with Crippen LogP contribution in [0.5, 0.6) is 0 Å². The molecule has 0 spiro atoms. The van der Waals surface area contributed by atoms with Gasteiger partial charge in [-0.3, -0.25) is 4.79 Å². The van der Waals surface area contributed by atoms with Gasteiger partial charge in [-0.1, -0.05) is 17.7 Å². The van der Waals surface area contributed by atoms with Crippen LogP contribution in [0.4, 0.5) is 8.78 Å². The predicted molar refractivity (Wildman–Crippen MR) is 101 cm³/mol. The van der Waals surface area contributed by atoms with Gasteiger partial charge in [0.05, 0.1) is 23.2 Å². The molecule has 5 rings (SSSR count). The zero-order valence-electron chi connectivity index (χ0n) is 15.6. The second-order valence-corrected chi connectivity index (χ2v) is 7.28. The van der Waals surface area contributed by atoms with Gasteiger partial charge in [0.15, 0.2) is 0 Å². The van der Waals surface area contributed by atoms with E-state index >= 15 is 0 Å². The summed E-state index contributed by atoms with van der Waals surface area (Å²) in [5, 5.41) is 8.65. The van der Waals surface area contributed by atoms with E-state index in [0.717, 1.165) is 15.9 Å². The first-order valence-electron chi connectivity index (χ1n) is 9.10. The molecular formula is C18H15ClF2N8O. The Bertz CT molecular complexity index is 1260. The Morgan fingerprint density at radius 2 is 2.17 bits per heavy atom. The standard InChI is InChI=1S/C18H15ClF2N8O/c1-27-17(24-16(26-27)15(20)21)18(30)28-6-5-10-13(23-8-22-10)14(28)11-7-9-3-2-4-12(19)29(9)25-11/h2-4,7-8,14-15H,5-6H2,1H3,(H,22,23). The number of hydrogen-bond acceptors (Lipinski definition) is 5. The molecule has 0 fully saturated rings. The first kappa shape index (κ1) is 18.7. The summed E-state index contributed by atoms with van der Waals surface area (Å²) in [4.78, 5) is 26.1. The van der Waals surface area contributed by atoms with E-state index in [0.29, 0.717) is 29.5 Å². The Kier molecular flexibility index (Phi) is 4.28. The lowest BCUT2D eigenvalue weighted by Gasteiger charge is -2.33. The van der Waals surface area contributed by atoms with Crippen LogP contribution in [0.3, 0.4) is 0 Å². The molecule has 30 heavy (non-hydrogen) atoms. The van der Waals surface area contributed by atoms with Crippen molar-refractivity contribution in [2.75, 3.05) is 6.54 Å². The average Bonchev–Trinajstić information content (AvgIpc) is 3.44. The monoisotopic (exact) mass is 432 g/mol. The van der Waals surface area contributed by atoms with Gasteiger partial charge in [0, 0.05) is 25.7 Å². The number of rotatable bonds is 3. The largest absolute Gasteiger partial charge is 0.348 e. The van der Waals surface area contributed by atoms with E-state index in [9.17, 15) is 13.6 Å². The molecule has 154 valence electrons. The van der Waals surface area contributed by atoms with E-state index < -0.39 is 24.2 Å². The Balaban J connectivity index is 1.62. The summed E-state index contributed by atoms with van der Waals surface area (Å²) in [6, 6.07) is 6.55. The van der Waals surface area contributed by atoms with Crippen molar-refractivity contribution in [3.05, 3.63) is 64.5 Å². The normalized spacial score (nSPS) is 16.4. The topological polar surface area (TPSA) is 97.0 Å². The molecule has 9 nitrogen and oxygen atoms in total. The highest BCUT2D eigenvalue weighted by atomic mass is 35.5. The van der Waals surface area contributed by atoms with E-state index in [1.807, 2.05) is 12.1 Å². The molecule has 4 aromatic heterocycles. The fourth-order valence-corrected chi connectivity index (χ4v) is 3.95. The molecule has 0 bridgehead atoms. The highest BCUT2D eigenvalue weighted by molar-refractivity contribution is 6.29. The molecule has 5 heterocycles. The van der Waals surface area contributed by atoms with Crippen molar-refractivity contribution in [2.24, 2.45) is 7.05 Å². The third-order valence-corrected chi connectivity index (χ3v) is 5.38. The molecule has 0 aromatic carbocycles. The molecule has 1 aliphatic heterocycles. The van der Waals surface area contributed by atoms with E-state index in [-0.39, 0.29) is 5.82 Å². The smallest absolute Gasteiger partial charge is 0.299 e. The number of nitrogens with zero attached hydrogens (tertiary/aromatic N) is 7. The van der Waals surface area contributed by atoms with Gasteiger partial charge in [-0.2, -0.15) is 5.10 Å². The molecule has 1 amide bonds. The minimum Gasteiger partial charge on any atom is -0.348 e. The Labute approximate surface area is 173 Å². The molecule has 4 aromatic rings. The molecule has 0 saturated heterocycles. The van der Waals surface area contributed by atoms with Gasteiger partial charge in [-0.15, -0.1) is 5.10 Å². The number of imidazole rings is 1. The third kappa shape index (κ3) is 2.84. The van der Waals surface area contributed by atoms with Crippen molar-refractivity contribution in [3.63, 3.8) is 0 Å². The molecule has 1 unspecified atom stereocenters. The first-order chi connectivity index (χ1) is 14.4. The van der Waals surface area contributed by atoms with Crippen LogP contribution in [0.15, 0.2) is 30.6 Å². The Morgan fingerprint density at radius 3 is 2.90 bits per heavy atom. The van der Waals surface area contributed by atoms with Crippen LogP contribution in [0.1, 0.15) is 46.0 Å². The highest BCUT2D eigenvalue weighted by Gasteiger charge is 2.38. The maximum Gasteiger partial charge on any atom is 0.299 e. The van der Waals surface area contributed by atoms with Crippen molar-refractivity contribution >= 4 is 23.0 Å². The van der Waals surface area contributed by atoms with Crippen molar-refractivity contribution in [1.82, 2.24) is 39.2 Å². The lowest BCUT2D eigenvalue weighted by Crippen LogP contribution is -2.42. The number of aromatic nitrogens is 7. The molecular weight excluding hydrogens is 418 g/mol. The number of aryl methyl sites for hydroxylation is 1. The summed E-state index contributed by atoms with van der Waals surface area (Å²) in [6.45, 7) is 0.331. The number of amides is 1. The van der Waals surface area contributed by atoms with Crippen molar-refractivity contribution in [1.29, 1.82) is 0 Å². The second-order valence-electron chi connectivity index (χ2n) is 6.89. The molecule has 1 N–H and O–H groups in total. The van der Waals surface area contributed by atoms with Gasteiger partial charge >= 0.3 is 0 Å². The van der Waals surface area contributed by atoms with E-state index in [2.05, 4.69) is 25.1 Å². The number of carbonyl (C=O) groups excluding carboxylic acids is 1. The zero-order chi connectivity index (χ0) is 21.0. The summed E-state index contributed by atoms with van der Waals surface area (Å²) >= 11 is 6.24. The Morgan fingerprint density at radius 1 is 1.33 bits per heavy atom. The summed E-state index contributed by atoms with van der Waals surface area (Å²) in [7, 11) is 1.41. The van der Waals surface area contributed by atoms with Crippen molar-refractivity contribution in [2.45, 2.75) is 18.9 Å². The lowest BCUT2D eigenvalue weighted by atomic mass is 9.99. The van der Waals surface area contributed by atoms with Crippen LogP contribution in [0, 0.1) is 0 Å². The molecule has 12 heteroatoms. The second kappa shape index (κ2) is 6.87. The minimum atomic E-state index is -2.87. The number of alkyl halides is 2. The van der Waals surface area contributed by atoms with E-state index in [4.69, 9.17) is 11.6 Å². The van der Waals surface area contributed by atoms with Gasteiger partial charge in [-0.25, -0.2) is 27.9 Å². The van der Waals surface area contributed by atoms with Crippen LogP contribution in [-0.4, -0.2) is 51.7 Å². The number of halogens is 3. The van der Waals surface area contributed by atoms with Gasteiger partial charge in [-0.05, 0) is 18.2 Å². The van der Waals surface area contributed by atoms with Crippen LogP contribution in [0.25, 0.3) is 5.52 Å². The summed E-state index contributed by atoms with van der Waals surface area (Å²) < 4.78 is 28.7. The maximum atomic E-state index is 13.3. The minimum absolute atomic E-state index is 0.170. The number of hydrogen-bond donors (Lipinski definition) is 1. The van der Waals surface area contributed by atoms with Gasteiger partial charge in [0.1, 0.15) is 11.2 Å². The highest BCUT2D eigenvalue weighted by Crippen LogP contribution is 2.34. The lowest BCUT2D eigenvalue weighted by molar-refractivity contribution is 0.0669. The average molecular weight is 433 g/mol. The first-order valence-corrected chi connectivity index (χ1v) is 9.48. The van der Waals surface area contributed by atoms with Crippen LogP contribution in [0.2, 0.25) is 5.15 Å². The number of carbonyl (C=O) groups is 1. The van der Waals surface area contributed by atoms with Crippen LogP contribution < -0.4 is 0 Å². The molecule has 0 radical (unpaired) electrons. The fourth-order valence-electron chi connectivity index (χ4n) is 3.74. The maximum absolute atomic E-state index is 13.3. The zero-order valence-corrected chi connectivity index (χ0v) is 16.4. The Hall–Kier alpha value is -3.34. The fraction of sp³-hybridized carbons (Fsp3) is 0.278. The molecule has 1 atom stereocenters. The molecule has 1 aliphatic rings. The molecule has 0 saturated carbocycles. The number of fused-ring (bicyclic) bond motifs is 2. The number of nitrogens with one attached hydrogen (secondary N) is 1. The van der Waals surface area contributed by atoms with Crippen LogP contribution >= 0.6 is 11.6 Å². The molecule has 0 aliphatic carbocycles. The van der Waals surface area contributed by atoms with E-state index in [1.54, 1.807) is 23.0 Å². The van der Waals surface area contributed by atoms with E-state index in [1.165, 1.54) is 11.9 Å². The van der Waals surface area contributed by atoms with Gasteiger partial charge < -0.3 is 9.88 Å².